The van der Waals surface area contributed by atoms with Crippen molar-refractivity contribution in [2.45, 2.75) is 6.92 Å². The number of methoxy groups -OCH3 is 1. The number of hydroxylamine groups is 1. The van der Waals surface area contributed by atoms with E-state index in [1.165, 1.54) is 4.80 Å². The summed E-state index contributed by atoms with van der Waals surface area (Å²) in [5, 5.41) is 10.1. The van der Waals surface area contributed by atoms with E-state index in [1.807, 2.05) is 31.2 Å². The maximum Gasteiger partial charge on any atom is 0.256 e. The molecule has 0 N–H and O–H groups in total. The van der Waals surface area contributed by atoms with Gasteiger partial charge in [-0.3, -0.25) is 19.7 Å². The van der Waals surface area contributed by atoms with E-state index < -0.39 is 0 Å². The van der Waals surface area contributed by atoms with Gasteiger partial charge in [0.25, 0.3) is 5.91 Å². The van der Waals surface area contributed by atoms with Gasteiger partial charge in [0.05, 0.1) is 62.0 Å². The smallest absolute Gasteiger partial charge is 0.256 e. The van der Waals surface area contributed by atoms with Gasteiger partial charge in [-0.15, -0.1) is 0 Å². The number of carbonyl (C=O) groups is 1. The Balaban J connectivity index is 1.54. The average molecular weight is 394 g/mol. The summed E-state index contributed by atoms with van der Waals surface area (Å²) in [6.07, 6.45) is 6.53. The molecule has 0 radical (unpaired) electrons. The first-order valence-corrected chi connectivity index (χ1v) is 9.32. The van der Waals surface area contributed by atoms with Gasteiger partial charge in [-0.25, -0.2) is 0 Å². The van der Waals surface area contributed by atoms with Gasteiger partial charge in [-0.2, -0.15) is 15.0 Å². The number of benzene rings is 1. The van der Waals surface area contributed by atoms with Crippen LogP contribution in [0.2, 0.25) is 0 Å². The van der Waals surface area contributed by atoms with Gasteiger partial charge in [0.1, 0.15) is 5.75 Å². The minimum Gasteiger partial charge on any atom is -0.495 e. The van der Waals surface area contributed by atoms with Crippen LogP contribution in [0.4, 0.5) is 5.69 Å². The molecule has 0 spiro atoms. The fourth-order valence-corrected chi connectivity index (χ4v) is 3.22. The first-order valence-electron chi connectivity index (χ1n) is 9.32. The molecule has 4 rings (SSSR count). The molecule has 0 saturated carbocycles. The zero-order valence-electron chi connectivity index (χ0n) is 16.4. The zero-order valence-corrected chi connectivity index (χ0v) is 16.4. The number of aryl methyl sites for hydroxylation is 1. The molecular formula is C20H22N6O3. The van der Waals surface area contributed by atoms with Crippen molar-refractivity contribution in [2.75, 3.05) is 38.4 Å². The predicted octanol–water partition coefficient (Wildman–Crippen LogP) is 1.87. The van der Waals surface area contributed by atoms with E-state index >= 15 is 0 Å². The van der Waals surface area contributed by atoms with Gasteiger partial charge in [0.15, 0.2) is 0 Å². The number of anilines is 1. The Bertz CT molecular complexity index is 992. The van der Waals surface area contributed by atoms with E-state index in [0.29, 0.717) is 43.2 Å². The van der Waals surface area contributed by atoms with Crippen molar-refractivity contribution in [3.8, 4) is 11.4 Å². The Morgan fingerprint density at radius 3 is 2.72 bits per heavy atom. The minimum atomic E-state index is -0.0739. The van der Waals surface area contributed by atoms with E-state index in [4.69, 9.17) is 9.57 Å². The van der Waals surface area contributed by atoms with Crippen LogP contribution >= 0.6 is 0 Å². The van der Waals surface area contributed by atoms with Crippen LogP contribution in [-0.2, 0) is 4.84 Å². The summed E-state index contributed by atoms with van der Waals surface area (Å²) in [5.74, 6) is 0.578. The van der Waals surface area contributed by atoms with Crippen LogP contribution in [0.1, 0.15) is 15.9 Å². The largest absolute Gasteiger partial charge is 0.495 e. The summed E-state index contributed by atoms with van der Waals surface area (Å²) in [6.45, 7) is 3.84. The lowest BCUT2D eigenvalue weighted by atomic mass is 10.1. The van der Waals surface area contributed by atoms with Crippen molar-refractivity contribution >= 4 is 11.6 Å². The number of ether oxygens (including phenoxy) is 1. The van der Waals surface area contributed by atoms with Crippen molar-refractivity contribution in [3.05, 3.63) is 60.2 Å². The normalized spacial score (nSPS) is 14.6. The Hall–Kier alpha value is -3.46. The first kappa shape index (κ1) is 18.9. The molecule has 1 aliphatic heterocycles. The average Bonchev–Trinajstić information content (AvgIpc) is 3.17. The van der Waals surface area contributed by atoms with Crippen molar-refractivity contribution in [1.82, 2.24) is 24.9 Å². The standard InChI is InChI=1S/C20H22N6O3/c1-15-3-4-19(26-22-5-6-23-26)18(11-15)20(27)24-7-8-25(29-10-9-24)16-12-17(28-2)14-21-13-16/h3-6,11-14H,7-10H2,1-2H3. The second-order valence-electron chi connectivity index (χ2n) is 6.65. The predicted molar refractivity (Wildman–Crippen MR) is 106 cm³/mol. The Kier molecular flexibility index (Phi) is 5.39. The van der Waals surface area contributed by atoms with Crippen LogP contribution in [0.3, 0.4) is 0 Å². The highest BCUT2D eigenvalue weighted by atomic mass is 16.7. The summed E-state index contributed by atoms with van der Waals surface area (Å²) in [7, 11) is 1.60. The summed E-state index contributed by atoms with van der Waals surface area (Å²) in [6, 6.07) is 7.53. The number of rotatable bonds is 4. The molecule has 0 atom stereocenters. The number of amides is 1. The highest BCUT2D eigenvalue weighted by Crippen LogP contribution is 2.22. The van der Waals surface area contributed by atoms with Crippen molar-refractivity contribution < 1.29 is 14.4 Å². The molecular weight excluding hydrogens is 372 g/mol. The molecule has 3 heterocycles. The molecule has 0 aliphatic carbocycles. The molecule has 9 heteroatoms. The maximum absolute atomic E-state index is 13.3. The quantitative estimate of drug-likeness (QED) is 0.668. The first-order chi connectivity index (χ1) is 14.2. The number of nitrogens with zero attached hydrogens (tertiary/aromatic N) is 6. The van der Waals surface area contributed by atoms with E-state index in [-0.39, 0.29) is 5.91 Å². The number of hydrogen-bond donors (Lipinski definition) is 0. The summed E-state index contributed by atoms with van der Waals surface area (Å²) < 4.78 is 5.23. The maximum atomic E-state index is 13.3. The van der Waals surface area contributed by atoms with E-state index in [2.05, 4.69) is 15.2 Å². The number of carbonyl (C=O) groups excluding carboxylic acids is 1. The SMILES string of the molecule is COc1cncc(N2CCN(C(=O)c3cc(C)ccc3-n3nccn3)CCO2)c1. The number of hydrogen-bond acceptors (Lipinski definition) is 7. The second kappa shape index (κ2) is 8.27. The van der Waals surface area contributed by atoms with Gasteiger partial charge < -0.3 is 9.64 Å². The number of aromatic nitrogens is 4. The summed E-state index contributed by atoms with van der Waals surface area (Å²) in [4.78, 5) is 26.6. The molecule has 2 aromatic heterocycles. The molecule has 9 nitrogen and oxygen atoms in total. The van der Waals surface area contributed by atoms with Gasteiger partial charge >= 0.3 is 0 Å². The van der Waals surface area contributed by atoms with Gasteiger partial charge in [0, 0.05) is 19.2 Å². The monoisotopic (exact) mass is 394 g/mol. The van der Waals surface area contributed by atoms with E-state index in [1.54, 1.807) is 41.9 Å². The molecule has 1 aromatic carbocycles. The summed E-state index contributed by atoms with van der Waals surface area (Å²) >= 11 is 0. The molecule has 29 heavy (non-hydrogen) atoms. The minimum absolute atomic E-state index is 0.0739. The van der Waals surface area contributed by atoms with Crippen LogP contribution in [0.15, 0.2) is 49.1 Å². The number of pyridine rings is 1. The second-order valence-corrected chi connectivity index (χ2v) is 6.65. The highest BCUT2D eigenvalue weighted by Gasteiger charge is 2.24. The van der Waals surface area contributed by atoms with Crippen molar-refractivity contribution in [3.63, 3.8) is 0 Å². The van der Waals surface area contributed by atoms with Crippen LogP contribution in [0.5, 0.6) is 5.75 Å². The molecule has 1 saturated heterocycles. The molecule has 1 aliphatic rings. The third-order valence-electron chi connectivity index (χ3n) is 4.71. The lowest BCUT2D eigenvalue weighted by molar-refractivity contribution is 0.0730. The fourth-order valence-electron chi connectivity index (χ4n) is 3.22. The van der Waals surface area contributed by atoms with Crippen molar-refractivity contribution in [1.29, 1.82) is 0 Å². The Morgan fingerprint density at radius 2 is 1.93 bits per heavy atom. The van der Waals surface area contributed by atoms with Gasteiger partial charge in [-0.05, 0) is 19.1 Å². The van der Waals surface area contributed by atoms with E-state index in [9.17, 15) is 4.79 Å². The van der Waals surface area contributed by atoms with E-state index in [0.717, 1.165) is 11.3 Å². The van der Waals surface area contributed by atoms with Crippen LogP contribution in [0, 0.1) is 6.92 Å². The highest BCUT2D eigenvalue weighted by molar-refractivity contribution is 5.98. The van der Waals surface area contributed by atoms with Crippen LogP contribution in [0.25, 0.3) is 5.69 Å². The zero-order chi connectivity index (χ0) is 20.2. The van der Waals surface area contributed by atoms with Gasteiger partial charge in [-0.1, -0.05) is 11.6 Å². The fraction of sp³-hybridized carbons (Fsp3) is 0.300. The topological polar surface area (TPSA) is 85.6 Å². The molecule has 150 valence electrons. The van der Waals surface area contributed by atoms with Crippen LogP contribution in [-0.4, -0.2) is 64.1 Å². The summed E-state index contributed by atoms with van der Waals surface area (Å²) in [5.41, 5.74) is 3.01. The van der Waals surface area contributed by atoms with Crippen LogP contribution < -0.4 is 9.80 Å². The van der Waals surface area contributed by atoms with Crippen molar-refractivity contribution in [2.24, 2.45) is 0 Å². The molecule has 0 unspecified atom stereocenters. The third-order valence-corrected chi connectivity index (χ3v) is 4.71. The van der Waals surface area contributed by atoms with Gasteiger partial charge in [0.2, 0.25) is 0 Å². The Morgan fingerprint density at radius 1 is 1.10 bits per heavy atom. The molecule has 1 amide bonds. The molecule has 0 bridgehead atoms. The molecule has 1 fully saturated rings. The lowest BCUT2D eigenvalue weighted by Gasteiger charge is -2.22. The molecule has 3 aromatic rings. The Labute approximate surface area is 168 Å². The third kappa shape index (κ3) is 4.04. The lowest BCUT2D eigenvalue weighted by Crippen LogP contribution is -2.36.